The minimum atomic E-state index is -4.33. The van der Waals surface area contributed by atoms with Crippen molar-refractivity contribution in [1.29, 1.82) is 0 Å². The Bertz CT molecular complexity index is 427. The fourth-order valence-corrected chi connectivity index (χ4v) is 1.95. The maximum atomic E-state index is 12.6. The van der Waals surface area contributed by atoms with Gasteiger partial charge in [0.2, 0.25) is 0 Å². The lowest BCUT2D eigenvalue weighted by molar-refractivity contribution is -0.137. The maximum absolute atomic E-state index is 12.6. The summed E-state index contributed by atoms with van der Waals surface area (Å²) in [6.07, 6.45) is 2.46. The summed E-state index contributed by atoms with van der Waals surface area (Å²) in [4.78, 5) is 0. The van der Waals surface area contributed by atoms with Gasteiger partial charge in [-0.05, 0) is 60.1 Å². The fourth-order valence-electron chi connectivity index (χ4n) is 1.46. The number of allylic oxidation sites excluding steroid dienone is 2. The number of hydrogen-bond donors (Lipinski definition) is 0. The third-order valence-corrected chi connectivity index (χ3v) is 3.32. The third kappa shape index (κ3) is 5.84. The van der Waals surface area contributed by atoms with E-state index in [1.165, 1.54) is 6.07 Å². The molecule has 0 spiro atoms. The predicted molar refractivity (Wildman–Crippen MR) is 78.3 cm³/mol. The standard InChI is InChI=1S/C14H16F3IO/c1-2-3-4-5-6-9-19-13-10-11(14(15,16)17)7-8-12(13)18/h3-4,7-8,10H,2,5-6,9H2,1H3/b4-3+. The van der Waals surface area contributed by atoms with Crippen molar-refractivity contribution < 1.29 is 17.9 Å². The van der Waals surface area contributed by atoms with Gasteiger partial charge in [-0.3, -0.25) is 0 Å². The summed E-state index contributed by atoms with van der Waals surface area (Å²) < 4.78 is 43.8. The smallest absolute Gasteiger partial charge is 0.416 e. The zero-order chi connectivity index (χ0) is 14.3. The van der Waals surface area contributed by atoms with Crippen LogP contribution in [0.15, 0.2) is 30.4 Å². The molecular weight excluding hydrogens is 368 g/mol. The van der Waals surface area contributed by atoms with Crippen LogP contribution in [0.2, 0.25) is 0 Å². The minimum absolute atomic E-state index is 0.301. The lowest BCUT2D eigenvalue weighted by atomic mass is 10.2. The molecule has 0 N–H and O–H groups in total. The molecule has 0 fully saturated rings. The van der Waals surface area contributed by atoms with E-state index in [1.54, 1.807) is 0 Å². The van der Waals surface area contributed by atoms with Crippen molar-refractivity contribution in [1.82, 2.24) is 0 Å². The van der Waals surface area contributed by atoms with Crippen LogP contribution in [-0.4, -0.2) is 6.61 Å². The highest BCUT2D eigenvalue weighted by atomic mass is 127. The number of rotatable bonds is 6. The Hall–Kier alpha value is -0.720. The number of hydrogen-bond acceptors (Lipinski definition) is 1. The van der Waals surface area contributed by atoms with E-state index in [0.29, 0.717) is 15.9 Å². The van der Waals surface area contributed by atoms with Gasteiger partial charge in [0, 0.05) is 0 Å². The van der Waals surface area contributed by atoms with E-state index in [0.717, 1.165) is 31.4 Å². The van der Waals surface area contributed by atoms with E-state index in [-0.39, 0.29) is 0 Å². The highest BCUT2D eigenvalue weighted by Gasteiger charge is 2.31. The average molecular weight is 384 g/mol. The minimum Gasteiger partial charge on any atom is -0.492 e. The lowest BCUT2D eigenvalue weighted by Gasteiger charge is -2.11. The topological polar surface area (TPSA) is 9.23 Å². The normalized spacial score (nSPS) is 12.1. The zero-order valence-corrected chi connectivity index (χ0v) is 12.8. The van der Waals surface area contributed by atoms with Gasteiger partial charge in [0.05, 0.1) is 15.7 Å². The molecule has 0 aliphatic rings. The van der Waals surface area contributed by atoms with Crippen molar-refractivity contribution in [3.63, 3.8) is 0 Å². The Kier molecular flexibility index (Phi) is 6.68. The molecule has 1 aromatic carbocycles. The van der Waals surface area contributed by atoms with E-state index in [2.05, 4.69) is 19.1 Å². The number of alkyl halides is 3. The molecule has 0 aliphatic heterocycles. The van der Waals surface area contributed by atoms with Gasteiger partial charge in [-0.25, -0.2) is 0 Å². The predicted octanol–water partition coefficient (Wildman–Crippen LogP) is 5.44. The lowest BCUT2D eigenvalue weighted by Crippen LogP contribution is -2.06. The zero-order valence-electron chi connectivity index (χ0n) is 10.6. The van der Waals surface area contributed by atoms with Gasteiger partial charge >= 0.3 is 6.18 Å². The Morgan fingerprint density at radius 3 is 2.63 bits per heavy atom. The highest BCUT2D eigenvalue weighted by Crippen LogP contribution is 2.33. The number of ether oxygens (including phenoxy) is 1. The first kappa shape index (κ1) is 16.3. The number of halogens is 4. The van der Waals surface area contributed by atoms with E-state index in [1.807, 2.05) is 22.6 Å². The summed E-state index contributed by atoms with van der Waals surface area (Å²) in [7, 11) is 0. The van der Waals surface area contributed by atoms with E-state index in [4.69, 9.17) is 4.74 Å². The molecule has 1 aromatic rings. The maximum Gasteiger partial charge on any atom is 0.416 e. The number of benzene rings is 1. The molecule has 0 aromatic heterocycles. The molecule has 0 saturated carbocycles. The van der Waals surface area contributed by atoms with Gasteiger partial charge < -0.3 is 4.74 Å². The molecule has 0 saturated heterocycles. The van der Waals surface area contributed by atoms with Crippen LogP contribution in [0, 0.1) is 3.57 Å². The van der Waals surface area contributed by atoms with Crippen LogP contribution in [0.25, 0.3) is 0 Å². The van der Waals surface area contributed by atoms with Gasteiger partial charge in [0.25, 0.3) is 0 Å². The summed E-state index contributed by atoms with van der Waals surface area (Å²) in [6, 6.07) is 3.55. The molecule has 19 heavy (non-hydrogen) atoms. The van der Waals surface area contributed by atoms with Crippen molar-refractivity contribution in [2.45, 2.75) is 32.4 Å². The fraction of sp³-hybridized carbons (Fsp3) is 0.429. The van der Waals surface area contributed by atoms with E-state index < -0.39 is 11.7 Å². The quantitative estimate of drug-likeness (QED) is 0.361. The van der Waals surface area contributed by atoms with Crippen molar-refractivity contribution in [2.75, 3.05) is 6.61 Å². The van der Waals surface area contributed by atoms with Crippen LogP contribution in [0.4, 0.5) is 13.2 Å². The van der Waals surface area contributed by atoms with E-state index >= 15 is 0 Å². The van der Waals surface area contributed by atoms with Crippen molar-refractivity contribution in [2.24, 2.45) is 0 Å². The van der Waals surface area contributed by atoms with Crippen LogP contribution in [0.1, 0.15) is 31.7 Å². The largest absolute Gasteiger partial charge is 0.492 e. The second-order valence-electron chi connectivity index (χ2n) is 4.01. The molecule has 0 atom stereocenters. The molecule has 1 rings (SSSR count). The summed E-state index contributed by atoms with van der Waals surface area (Å²) in [6.45, 7) is 2.48. The third-order valence-electron chi connectivity index (χ3n) is 2.43. The Morgan fingerprint density at radius 1 is 1.26 bits per heavy atom. The van der Waals surface area contributed by atoms with Gasteiger partial charge in [-0.2, -0.15) is 13.2 Å². The summed E-state index contributed by atoms with van der Waals surface area (Å²) >= 11 is 1.97. The molecule has 106 valence electrons. The van der Waals surface area contributed by atoms with Crippen molar-refractivity contribution >= 4 is 22.6 Å². The summed E-state index contributed by atoms with van der Waals surface area (Å²) in [5.74, 6) is 0.301. The van der Waals surface area contributed by atoms with Gasteiger partial charge in [0.1, 0.15) is 5.75 Å². The molecule has 5 heteroatoms. The van der Waals surface area contributed by atoms with Crippen LogP contribution in [0.5, 0.6) is 5.75 Å². The molecule has 0 bridgehead atoms. The molecule has 0 amide bonds. The van der Waals surface area contributed by atoms with Crippen LogP contribution >= 0.6 is 22.6 Å². The first-order chi connectivity index (χ1) is 8.95. The van der Waals surface area contributed by atoms with Gasteiger partial charge in [0.15, 0.2) is 0 Å². The molecule has 0 aliphatic carbocycles. The second kappa shape index (κ2) is 7.77. The number of unbranched alkanes of at least 4 members (excludes halogenated alkanes) is 1. The Balaban J connectivity index is 2.55. The first-order valence-electron chi connectivity index (χ1n) is 6.09. The van der Waals surface area contributed by atoms with Crippen LogP contribution in [-0.2, 0) is 6.18 Å². The van der Waals surface area contributed by atoms with Crippen LogP contribution in [0.3, 0.4) is 0 Å². The average Bonchev–Trinajstić information content (AvgIpc) is 2.34. The Labute approximate surface area is 125 Å². The molecular formula is C14H16F3IO. The van der Waals surface area contributed by atoms with Gasteiger partial charge in [-0.15, -0.1) is 0 Å². The first-order valence-corrected chi connectivity index (χ1v) is 7.17. The Morgan fingerprint density at radius 2 is 2.00 bits per heavy atom. The highest BCUT2D eigenvalue weighted by molar-refractivity contribution is 14.1. The second-order valence-corrected chi connectivity index (χ2v) is 5.18. The summed E-state index contributed by atoms with van der Waals surface area (Å²) in [5.41, 5.74) is -0.672. The van der Waals surface area contributed by atoms with E-state index in [9.17, 15) is 13.2 Å². The molecule has 0 radical (unpaired) electrons. The summed E-state index contributed by atoms with van der Waals surface area (Å²) in [5, 5.41) is 0. The van der Waals surface area contributed by atoms with Crippen molar-refractivity contribution in [3.05, 3.63) is 39.5 Å². The van der Waals surface area contributed by atoms with Gasteiger partial charge in [-0.1, -0.05) is 19.1 Å². The molecule has 1 nitrogen and oxygen atoms in total. The monoisotopic (exact) mass is 384 g/mol. The van der Waals surface area contributed by atoms with Crippen molar-refractivity contribution in [3.8, 4) is 5.75 Å². The molecule has 0 unspecified atom stereocenters. The van der Waals surface area contributed by atoms with Crippen LogP contribution < -0.4 is 4.74 Å². The SMILES string of the molecule is CC/C=C/CCCOc1cc(C(F)(F)F)ccc1I. The molecule has 0 heterocycles.